The van der Waals surface area contributed by atoms with Crippen LogP contribution in [0.5, 0.6) is 0 Å². The third-order valence-electron chi connectivity index (χ3n) is 2.86. The number of primary sulfonamides is 1. The van der Waals surface area contributed by atoms with E-state index in [-0.39, 0.29) is 16.8 Å². The van der Waals surface area contributed by atoms with E-state index in [1.165, 1.54) is 23.5 Å². The molecule has 0 aliphatic carbocycles. The molecular formula is C13H13BrN2O3S2. The lowest BCUT2D eigenvalue weighted by Crippen LogP contribution is -2.26. The second-order valence-electron chi connectivity index (χ2n) is 4.41. The number of nitrogens with one attached hydrogen (secondary N) is 1. The summed E-state index contributed by atoms with van der Waals surface area (Å²) in [6, 6.07) is 7.67. The highest BCUT2D eigenvalue weighted by Gasteiger charge is 2.16. The van der Waals surface area contributed by atoms with Crippen LogP contribution in [0.1, 0.15) is 28.2 Å². The first-order valence-corrected chi connectivity index (χ1v) is 9.17. The van der Waals surface area contributed by atoms with Crippen molar-refractivity contribution in [3.8, 4) is 0 Å². The Morgan fingerprint density at radius 2 is 2.10 bits per heavy atom. The van der Waals surface area contributed by atoms with Gasteiger partial charge in [-0.1, -0.05) is 12.1 Å². The number of rotatable bonds is 4. The molecular weight excluding hydrogens is 376 g/mol. The molecule has 1 atom stereocenters. The largest absolute Gasteiger partial charge is 0.345 e. The Bertz CT molecular complexity index is 771. The van der Waals surface area contributed by atoms with Crippen molar-refractivity contribution in [2.24, 2.45) is 5.14 Å². The smallest absolute Gasteiger partial charge is 0.262 e. The van der Waals surface area contributed by atoms with Gasteiger partial charge in [0.2, 0.25) is 10.0 Å². The van der Waals surface area contributed by atoms with Crippen molar-refractivity contribution in [2.75, 3.05) is 0 Å². The van der Waals surface area contributed by atoms with Gasteiger partial charge in [-0.3, -0.25) is 4.79 Å². The molecule has 112 valence electrons. The molecule has 1 aromatic carbocycles. The van der Waals surface area contributed by atoms with E-state index in [2.05, 4.69) is 21.2 Å². The van der Waals surface area contributed by atoms with Gasteiger partial charge in [0.1, 0.15) is 4.88 Å². The zero-order valence-electron chi connectivity index (χ0n) is 11.0. The Balaban J connectivity index is 2.19. The predicted octanol–water partition coefficient (Wildman–Crippen LogP) is 2.65. The lowest BCUT2D eigenvalue weighted by Gasteiger charge is -2.14. The minimum atomic E-state index is -3.76. The molecule has 0 aliphatic rings. The Kier molecular flexibility index (Phi) is 4.82. The van der Waals surface area contributed by atoms with Crippen molar-refractivity contribution >= 4 is 43.2 Å². The Labute approximate surface area is 135 Å². The van der Waals surface area contributed by atoms with Crippen molar-refractivity contribution in [1.29, 1.82) is 0 Å². The first kappa shape index (κ1) is 16.2. The van der Waals surface area contributed by atoms with E-state index in [0.29, 0.717) is 10.4 Å². The maximum atomic E-state index is 12.1. The second kappa shape index (κ2) is 6.27. The molecule has 2 rings (SSSR count). The standard InChI is InChI=1S/C13H13BrN2O3S2/c1-8(16-13(17)12-11(14)5-6-20-12)9-3-2-4-10(7-9)21(15,18)19/h2-8H,1H3,(H,16,17)(H2,15,18,19). The first-order chi connectivity index (χ1) is 9.79. The van der Waals surface area contributed by atoms with Gasteiger partial charge >= 0.3 is 0 Å². The maximum absolute atomic E-state index is 12.1. The van der Waals surface area contributed by atoms with E-state index < -0.39 is 10.0 Å². The highest BCUT2D eigenvalue weighted by Crippen LogP contribution is 2.24. The minimum Gasteiger partial charge on any atom is -0.345 e. The summed E-state index contributed by atoms with van der Waals surface area (Å²) in [5.74, 6) is -0.217. The number of sulfonamides is 1. The van der Waals surface area contributed by atoms with Gasteiger partial charge in [0, 0.05) is 4.47 Å². The highest BCUT2D eigenvalue weighted by molar-refractivity contribution is 9.10. The van der Waals surface area contributed by atoms with Crippen LogP contribution in [0.2, 0.25) is 0 Å². The molecule has 1 heterocycles. The van der Waals surface area contributed by atoms with Gasteiger partial charge in [-0.25, -0.2) is 13.6 Å². The van der Waals surface area contributed by atoms with Crippen LogP contribution >= 0.6 is 27.3 Å². The summed E-state index contributed by atoms with van der Waals surface area (Å²) in [7, 11) is -3.76. The normalized spacial score (nSPS) is 12.9. The quantitative estimate of drug-likeness (QED) is 0.843. The Hall–Kier alpha value is -1.22. The van der Waals surface area contributed by atoms with Crippen LogP contribution in [0.15, 0.2) is 45.1 Å². The van der Waals surface area contributed by atoms with E-state index in [1.54, 1.807) is 25.1 Å². The Morgan fingerprint density at radius 3 is 2.67 bits per heavy atom. The van der Waals surface area contributed by atoms with E-state index >= 15 is 0 Å². The molecule has 0 saturated carbocycles. The number of benzene rings is 1. The van der Waals surface area contributed by atoms with Gasteiger partial charge in [-0.05, 0) is 52.0 Å². The number of hydrogen-bond donors (Lipinski definition) is 2. The van der Waals surface area contributed by atoms with E-state index in [1.807, 2.05) is 5.38 Å². The van der Waals surface area contributed by atoms with Crippen LogP contribution in [-0.2, 0) is 10.0 Å². The van der Waals surface area contributed by atoms with Crippen molar-refractivity contribution in [2.45, 2.75) is 17.9 Å². The van der Waals surface area contributed by atoms with E-state index in [4.69, 9.17) is 5.14 Å². The van der Waals surface area contributed by atoms with Crippen LogP contribution in [-0.4, -0.2) is 14.3 Å². The molecule has 0 aliphatic heterocycles. The van der Waals surface area contributed by atoms with Crippen molar-refractivity contribution < 1.29 is 13.2 Å². The third kappa shape index (κ3) is 3.91. The topological polar surface area (TPSA) is 89.3 Å². The molecule has 0 bridgehead atoms. The summed E-state index contributed by atoms with van der Waals surface area (Å²) >= 11 is 4.63. The van der Waals surface area contributed by atoms with Gasteiger partial charge in [0.05, 0.1) is 10.9 Å². The lowest BCUT2D eigenvalue weighted by molar-refractivity contribution is 0.0943. The van der Waals surface area contributed by atoms with Crippen molar-refractivity contribution in [3.63, 3.8) is 0 Å². The van der Waals surface area contributed by atoms with Crippen LogP contribution in [0, 0.1) is 0 Å². The molecule has 1 aromatic heterocycles. The number of thiophene rings is 1. The van der Waals surface area contributed by atoms with Crippen LogP contribution in [0.25, 0.3) is 0 Å². The number of carbonyl (C=O) groups is 1. The molecule has 5 nitrogen and oxygen atoms in total. The monoisotopic (exact) mass is 388 g/mol. The molecule has 3 N–H and O–H groups in total. The summed E-state index contributed by atoms with van der Waals surface area (Å²) in [5, 5.41) is 9.74. The Morgan fingerprint density at radius 1 is 1.38 bits per heavy atom. The van der Waals surface area contributed by atoms with Crippen LogP contribution in [0.3, 0.4) is 0 Å². The van der Waals surface area contributed by atoms with Gasteiger partial charge in [0.15, 0.2) is 0 Å². The number of halogens is 1. The van der Waals surface area contributed by atoms with Crippen molar-refractivity contribution in [1.82, 2.24) is 5.32 Å². The predicted molar refractivity (Wildman–Crippen MR) is 85.7 cm³/mol. The number of carbonyl (C=O) groups excluding carboxylic acids is 1. The fourth-order valence-corrected chi connectivity index (χ4v) is 3.79. The average Bonchev–Trinajstić information content (AvgIpc) is 2.84. The number of amides is 1. The van der Waals surface area contributed by atoms with E-state index in [9.17, 15) is 13.2 Å². The zero-order chi connectivity index (χ0) is 15.6. The molecule has 21 heavy (non-hydrogen) atoms. The number of hydrogen-bond acceptors (Lipinski definition) is 4. The summed E-state index contributed by atoms with van der Waals surface area (Å²) < 4.78 is 23.4. The molecule has 2 aromatic rings. The number of nitrogens with two attached hydrogens (primary N) is 1. The zero-order valence-corrected chi connectivity index (χ0v) is 14.3. The maximum Gasteiger partial charge on any atom is 0.262 e. The van der Waals surface area contributed by atoms with Crippen molar-refractivity contribution in [3.05, 3.63) is 50.6 Å². The summed E-state index contributed by atoms with van der Waals surface area (Å²) in [5.41, 5.74) is 0.669. The summed E-state index contributed by atoms with van der Waals surface area (Å²) in [6.45, 7) is 1.78. The van der Waals surface area contributed by atoms with Gasteiger partial charge in [0.25, 0.3) is 5.91 Å². The summed E-state index contributed by atoms with van der Waals surface area (Å²) in [6.07, 6.45) is 0. The first-order valence-electron chi connectivity index (χ1n) is 5.95. The molecule has 1 unspecified atom stereocenters. The molecule has 0 radical (unpaired) electrons. The fraction of sp³-hybridized carbons (Fsp3) is 0.154. The van der Waals surface area contributed by atoms with Gasteiger partial charge in [-0.2, -0.15) is 0 Å². The second-order valence-corrected chi connectivity index (χ2v) is 7.74. The molecule has 8 heteroatoms. The van der Waals surface area contributed by atoms with Crippen LogP contribution in [0.4, 0.5) is 0 Å². The molecule has 0 fully saturated rings. The third-order valence-corrected chi connectivity index (χ3v) is 5.61. The van der Waals surface area contributed by atoms with Gasteiger partial charge in [-0.15, -0.1) is 11.3 Å². The summed E-state index contributed by atoms with van der Waals surface area (Å²) in [4.78, 5) is 12.7. The molecule has 0 spiro atoms. The minimum absolute atomic E-state index is 0.0263. The van der Waals surface area contributed by atoms with Gasteiger partial charge < -0.3 is 5.32 Å². The average molecular weight is 389 g/mol. The van der Waals surface area contributed by atoms with E-state index in [0.717, 1.165) is 4.47 Å². The lowest BCUT2D eigenvalue weighted by atomic mass is 10.1. The molecule has 1 amide bonds. The highest BCUT2D eigenvalue weighted by atomic mass is 79.9. The SMILES string of the molecule is CC(NC(=O)c1sccc1Br)c1cccc(S(N)(=O)=O)c1. The molecule has 0 saturated heterocycles. The van der Waals surface area contributed by atoms with Crippen LogP contribution < -0.4 is 10.5 Å². The fourth-order valence-electron chi connectivity index (χ4n) is 1.76.